The first-order valence-corrected chi connectivity index (χ1v) is 19.4. The lowest BCUT2D eigenvalue weighted by Gasteiger charge is -2.48. The Hall–Kier alpha value is -5.63. The van der Waals surface area contributed by atoms with E-state index < -0.39 is 157 Å². The third-order valence-corrected chi connectivity index (χ3v) is 10.6. The number of benzene rings is 1. The van der Waals surface area contributed by atoms with Crippen LogP contribution >= 0.6 is 0 Å². The summed E-state index contributed by atoms with van der Waals surface area (Å²) in [7, 11) is 0. The molecule has 6 rings (SSSR count). The van der Waals surface area contributed by atoms with Gasteiger partial charge in [-0.2, -0.15) is 0 Å². The second-order valence-electron chi connectivity index (χ2n) is 14.8. The Bertz CT molecular complexity index is 2030. The molecule has 0 bridgehead atoms. The average molecular weight is 895 g/mol. The van der Waals surface area contributed by atoms with Gasteiger partial charge in [0.2, 0.25) is 18.9 Å². The van der Waals surface area contributed by atoms with Crippen molar-refractivity contribution in [1.82, 2.24) is 0 Å². The van der Waals surface area contributed by atoms with E-state index in [-0.39, 0.29) is 25.0 Å². The smallest absolute Gasteiger partial charge is 0.342 e. The van der Waals surface area contributed by atoms with E-state index in [9.17, 15) is 64.8 Å². The quantitative estimate of drug-likeness (QED) is 0.0609. The summed E-state index contributed by atoms with van der Waals surface area (Å²) in [6.07, 6.45) is -17.2. The maximum atomic E-state index is 14.0. The molecule has 14 atom stereocenters. The number of phenols is 1. The first kappa shape index (κ1) is 46.9. The molecule has 8 N–H and O–H groups in total. The summed E-state index contributed by atoms with van der Waals surface area (Å²) in [4.78, 5) is 65.3. The van der Waals surface area contributed by atoms with Crippen molar-refractivity contribution < 1.29 is 112 Å². The monoisotopic (exact) mass is 894 g/mol. The number of hydrogen-bond acceptors (Lipinski definition) is 23. The fraction of sp³-hybridized carbons (Fsp3) is 0.525. The molecular weight excluding hydrogens is 848 g/mol. The van der Waals surface area contributed by atoms with Crippen molar-refractivity contribution in [2.75, 3.05) is 19.8 Å². The molecule has 3 saturated heterocycles. The number of carbonyl (C=O) groups excluding carboxylic acids is 5. The van der Waals surface area contributed by atoms with Crippen molar-refractivity contribution in [3.05, 3.63) is 71.7 Å². The molecule has 1 aromatic rings. The zero-order valence-corrected chi connectivity index (χ0v) is 33.5. The maximum Gasteiger partial charge on any atom is 0.342 e. The van der Waals surface area contributed by atoms with Crippen molar-refractivity contribution >= 4 is 29.8 Å². The van der Waals surface area contributed by atoms with Crippen molar-refractivity contribution in [3.8, 4) is 11.5 Å². The van der Waals surface area contributed by atoms with Crippen molar-refractivity contribution in [3.63, 3.8) is 0 Å². The third-order valence-electron chi connectivity index (χ3n) is 10.6. The first-order valence-electron chi connectivity index (χ1n) is 19.4. The molecule has 1 aromatic carbocycles. The van der Waals surface area contributed by atoms with Crippen LogP contribution in [0.1, 0.15) is 37.0 Å². The standard InChI is InChI=1S/C40H46O23/c1-4-21-37(56-14-22-36(52)54-11-10-40(21,22)53)63-39-33(62-35(51)20-12-18(44)8-9-23(20)45)32(57-17(3)43)31(26(60-39)15-55-16(2)42)61-34(50)19-6-5-7-24(27(19)46)58-38-30(49)29(48)28(47)25(13-41)59-38/h4-7,9,12,14,18,21,25-26,28-33,37-39,41,44-49,53H,1,8,10-11,13,15H2,2-3H3/t18?,21-,25+,26+,28+,29-,30+,31+,32-,33+,37-,38+,39-,40+/m0/s1. The van der Waals surface area contributed by atoms with E-state index in [4.69, 9.17) is 47.4 Å². The molecule has 344 valence electrons. The average Bonchev–Trinajstić information content (AvgIpc) is 3.23. The Balaban J connectivity index is 1.37. The highest BCUT2D eigenvalue weighted by Crippen LogP contribution is 2.43. The van der Waals surface area contributed by atoms with Gasteiger partial charge in [-0.05, 0) is 30.7 Å². The van der Waals surface area contributed by atoms with E-state index in [2.05, 4.69) is 6.58 Å². The summed E-state index contributed by atoms with van der Waals surface area (Å²) >= 11 is 0. The lowest BCUT2D eigenvalue weighted by atomic mass is 9.76. The molecule has 23 nitrogen and oxygen atoms in total. The summed E-state index contributed by atoms with van der Waals surface area (Å²) < 4.78 is 56.2. The molecule has 0 radical (unpaired) electrons. The second kappa shape index (κ2) is 19.4. The highest BCUT2D eigenvalue weighted by atomic mass is 16.8. The largest absolute Gasteiger partial charge is 0.507 e. The lowest BCUT2D eigenvalue weighted by Crippen LogP contribution is -2.64. The first-order chi connectivity index (χ1) is 29.9. The van der Waals surface area contributed by atoms with Gasteiger partial charge < -0.3 is 88.2 Å². The summed E-state index contributed by atoms with van der Waals surface area (Å²) in [6, 6.07) is 3.36. The predicted octanol–water partition coefficient (Wildman–Crippen LogP) is -1.90. The Kier molecular flexibility index (Phi) is 14.4. The van der Waals surface area contributed by atoms with Crippen LogP contribution in [0.5, 0.6) is 11.5 Å². The maximum absolute atomic E-state index is 14.0. The topological polar surface area (TPSA) is 339 Å². The van der Waals surface area contributed by atoms with Gasteiger partial charge in [0.25, 0.3) is 0 Å². The number of aliphatic hydroxyl groups excluding tert-OH is 6. The molecule has 0 amide bonds. The summed E-state index contributed by atoms with van der Waals surface area (Å²) in [6.45, 7) is 3.93. The number of aliphatic hydroxyl groups is 7. The van der Waals surface area contributed by atoms with Crippen LogP contribution < -0.4 is 4.74 Å². The van der Waals surface area contributed by atoms with E-state index in [0.29, 0.717) is 0 Å². The molecule has 4 aliphatic heterocycles. The minimum absolute atomic E-state index is 0.0671. The molecule has 0 spiro atoms. The highest BCUT2D eigenvalue weighted by molar-refractivity contribution is 5.94. The molecule has 3 fully saturated rings. The van der Waals surface area contributed by atoms with Gasteiger partial charge in [0.1, 0.15) is 59.6 Å². The van der Waals surface area contributed by atoms with Crippen LogP contribution in [0.2, 0.25) is 0 Å². The van der Waals surface area contributed by atoms with Crippen LogP contribution in [-0.4, -0.2) is 170 Å². The number of carbonyl (C=O) groups is 5. The second-order valence-corrected chi connectivity index (χ2v) is 14.8. The van der Waals surface area contributed by atoms with Gasteiger partial charge in [0.05, 0.1) is 37.1 Å². The summed E-state index contributed by atoms with van der Waals surface area (Å²) in [5.41, 5.74) is -3.43. The van der Waals surface area contributed by atoms with Gasteiger partial charge in [-0.25, -0.2) is 14.4 Å². The summed E-state index contributed by atoms with van der Waals surface area (Å²) in [5, 5.41) is 84.1. The molecule has 23 heteroatoms. The molecular formula is C40H46O23. The van der Waals surface area contributed by atoms with Gasteiger partial charge in [-0.3, -0.25) is 9.59 Å². The lowest BCUT2D eigenvalue weighted by molar-refractivity contribution is -0.345. The Morgan fingerprint density at radius 2 is 1.60 bits per heavy atom. The molecule has 1 unspecified atom stereocenters. The minimum Gasteiger partial charge on any atom is -0.507 e. The number of cyclic esters (lactones) is 1. The fourth-order valence-electron chi connectivity index (χ4n) is 7.41. The van der Waals surface area contributed by atoms with Crippen molar-refractivity contribution in [1.29, 1.82) is 0 Å². The van der Waals surface area contributed by atoms with Crippen molar-refractivity contribution in [2.45, 2.75) is 106 Å². The van der Waals surface area contributed by atoms with E-state index >= 15 is 0 Å². The number of ether oxygens (including phenoxy) is 10. The SMILES string of the molecule is C=C[C@H]1[C@H](O[C@@H]2O[C@H](COC(C)=O)[C@@H](OC(=O)c3cccc(O[C@@H]4O[C@H](CO)[C@@H](O)[C@H](O)[C@H]4O)c3O)[C@H](OC(C)=O)[C@H]2OC(=O)C2=CC(O)CC=C2O)OC=C2C(=O)OCC[C@]21O. The summed E-state index contributed by atoms with van der Waals surface area (Å²) in [5.74, 6) is -8.91. The molecule has 5 aliphatic rings. The van der Waals surface area contributed by atoms with Gasteiger partial charge >= 0.3 is 29.8 Å². The number of phenolic OH excluding ortho intramolecular Hbond substituents is 1. The van der Waals surface area contributed by atoms with Crippen molar-refractivity contribution in [2.24, 2.45) is 5.92 Å². The zero-order valence-electron chi connectivity index (χ0n) is 33.5. The Labute approximate surface area is 356 Å². The van der Waals surface area contributed by atoms with Crippen LogP contribution in [0.15, 0.2) is 66.2 Å². The molecule has 0 saturated carbocycles. The molecule has 63 heavy (non-hydrogen) atoms. The molecule has 0 aromatic heterocycles. The van der Waals surface area contributed by atoms with Crippen LogP contribution in [0.25, 0.3) is 0 Å². The number of aromatic hydroxyl groups is 1. The number of fused-ring (bicyclic) bond motifs is 1. The van der Waals surface area contributed by atoms with Gasteiger partial charge in [0.15, 0.2) is 29.8 Å². The minimum atomic E-state index is -2.03. The van der Waals surface area contributed by atoms with Crippen LogP contribution in [-0.2, 0) is 61.8 Å². The van der Waals surface area contributed by atoms with Crippen LogP contribution in [0.3, 0.4) is 0 Å². The predicted molar refractivity (Wildman–Crippen MR) is 200 cm³/mol. The van der Waals surface area contributed by atoms with E-state index in [1.165, 1.54) is 12.1 Å². The third kappa shape index (κ3) is 9.80. The number of esters is 5. The number of para-hydroxylation sites is 1. The zero-order chi connectivity index (χ0) is 45.9. The fourth-order valence-corrected chi connectivity index (χ4v) is 7.41. The number of hydrogen-bond donors (Lipinski definition) is 8. The van der Waals surface area contributed by atoms with Crippen LogP contribution in [0.4, 0.5) is 0 Å². The van der Waals surface area contributed by atoms with Gasteiger partial charge in [0, 0.05) is 20.3 Å². The van der Waals surface area contributed by atoms with E-state index in [0.717, 1.165) is 44.4 Å². The van der Waals surface area contributed by atoms with Gasteiger partial charge in [-0.15, -0.1) is 6.58 Å². The number of rotatable bonds is 13. The Morgan fingerprint density at radius 1 is 0.889 bits per heavy atom. The molecule has 4 heterocycles. The van der Waals surface area contributed by atoms with Crippen LogP contribution in [0, 0.1) is 5.92 Å². The van der Waals surface area contributed by atoms with Gasteiger partial charge in [-0.1, -0.05) is 12.1 Å². The normalized spacial score (nSPS) is 35.1. The van der Waals surface area contributed by atoms with E-state index in [1.54, 1.807) is 0 Å². The highest BCUT2D eigenvalue weighted by Gasteiger charge is 2.58. The molecule has 1 aliphatic carbocycles. The van der Waals surface area contributed by atoms with E-state index in [1.807, 2.05) is 0 Å². The Morgan fingerprint density at radius 3 is 2.29 bits per heavy atom.